The maximum atomic E-state index is 12.7. The van der Waals surface area contributed by atoms with Crippen LogP contribution in [0.15, 0.2) is 35.1 Å². The van der Waals surface area contributed by atoms with Crippen LogP contribution in [-0.2, 0) is 0 Å². The van der Waals surface area contributed by atoms with Crippen LogP contribution in [0.2, 0.25) is 0 Å². The van der Waals surface area contributed by atoms with Crippen molar-refractivity contribution in [2.24, 2.45) is 0 Å². The average Bonchev–Trinajstić information content (AvgIpc) is 3.08. The zero-order valence-corrected chi connectivity index (χ0v) is 16.0. The minimum atomic E-state index is -2.90. The van der Waals surface area contributed by atoms with Gasteiger partial charge in [-0.25, -0.2) is 0 Å². The molecule has 0 N–H and O–H groups in total. The highest BCUT2D eigenvalue weighted by atomic mass is 32.2. The summed E-state index contributed by atoms with van der Waals surface area (Å²) in [5, 5.41) is 0. The Morgan fingerprint density at radius 1 is 1.19 bits per heavy atom. The molecule has 0 saturated carbocycles. The lowest BCUT2D eigenvalue weighted by Crippen LogP contribution is -2.16. The van der Waals surface area contributed by atoms with E-state index in [-0.39, 0.29) is 17.3 Å². The summed E-state index contributed by atoms with van der Waals surface area (Å²) in [5.74, 6) is 2.19. The minimum absolute atomic E-state index is 0.00212. The molecular formula is C20H21F2NO3S. The molecule has 4 nitrogen and oxygen atoms in total. The van der Waals surface area contributed by atoms with Crippen molar-refractivity contribution in [1.82, 2.24) is 4.57 Å². The summed E-state index contributed by atoms with van der Waals surface area (Å²) in [6, 6.07) is 8.00. The third-order valence-electron chi connectivity index (χ3n) is 4.24. The molecule has 2 aromatic rings. The number of nitrogens with zero attached hydrogens (tertiary/aromatic N) is 1. The predicted molar refractivity (Wildman–Crippen MR) is 105 cm³/mol. The Bertz CT molecular complexity index is 863. The standard InChI is InChI=1S/C20H21F2NO3S/c1-13-9-16(24)10-14(2)23(13)7-5-15-3-4-18(26-20(21)22)19(11-15)25-17-6-8-27-12-17/h3-5,7,9-11,17,20H,6,8,12H2,1-2H3/b7-5+/t17-/m1/s1. The van der Waals surface area contributed by atoms with E-state index in [0.717, 1.165) is 34.9 Å². The molecule has 1 aromatic heterocycles. The first kappa shape index (κ1) is 19.5. The van der Waals surface area contributed by atoms with Gasteiger partial charge in [-0.1, -0.05) is 6.07 Å². The van der Waals surface area contributed by atoms with Crippen LogP contribution < -0.4 is 14.9 Å². The zero-order chi connectivity index (χ0) is 19.4. The Balaban J connectivity index is 1.88. The molecule has 27 heavy (non-hydrogen) atoms. The Morgan fingerprint density at radius 2 is 1.93 bits per heavy atom. The fourth-order valence-electron chi connectivity index (χ4n) is 2.97. The number of thioether (sulfide) groups is 1. The molecule has 0 amide bonds. The smallest absolute Gasteiger partial charge is 0.387 e. The van der Waals surface area contributed by atoms with Gasteiger partial charge in [0.2, 0.25) is 0 Å². The van der Waals surface area contributed by atoms with E-state index in [1.807, 2.05) is 30.7 Å². The summed E-state index contributed by atoms with van der Waals surface area (Å²) in [5.41, 5.74) is 2.38. The van der Waals surface area contributed by atoms with E-state index < -0.39 is 6.61 Å². The van der Waals surface area contributed by atoms with Crippen LogP contribution in [0, 0.1) is 13.8 Å². The van der Waals surface area contributed by atoms with Gasteiger partial charge in [-0.2, -0.15) is 20.5 Å². The number of rotatable bonds is 6. The molecule has 1 saturated heterocycles. The van der Waals surface area contributed by atoms with Gasteiger partial charge in [0.05, 0.1) is 0 Å². The summed E-state index contributed by atoms with van der Waals surface area (Å²) < 4.78 is 37.7. The second-order valence-corrected chi connectivity index (χ2v) is 7.50. The molecule has 144 valence electrons. The lowest BCUT2D eigenvalue weighted by molar-refractivity contribution is -0.0519. The molecule has 0 bridgehead atoms. The van der Waals surface area contributed by atoms with E-state index in [1.165, 1.54) is 6.07 Å². The van der Waals surface area contributed by atoms with Crippen molar-refractivity contribution in [1.29, 1.82) is 0 Å². The van der Waals surface area contributed by atoms with E-state index in [2.05, 4.69) is 4.74 Å². The van der Waals surface area contributed by atoms with Crippen molar-refractivity contribution in [2.75, 3.05) is 11.5 Å². The highest BCUT2D eigenvalue weighted by Gasteiger charge is 2.20. The molecule has 3 rings (SSSR count). The quantitative estimate of drug-likeness (QED) is 0.720. The van der Waals surface area contributed by atoms with Crippen molar-refractivity contribution in [3.63, 3.8) is 0 Å². The molecule has 0 aliphatic carbocycles. The third kappa shape index (κ3) is 5.13. The van der Waals surface area contributed by atoms with E-state index >= 15 is 0 Å². The van der Waals surface area contributed by atoms with Crippen LogP contribution >= 0.6 is 11.8 Å². The zero-order valence-electron chi connectivity index (χ0n) is 15.2. The second-order valence-electron chi connectivity index (χ2n) is 6.35. The predicted octanol–water partition coefficient (Wildman–Crippen LogP) is 4.58. The molecule has 2 heterocycles. The number of hydrogen-bond donors (Lipinski definition) is 0. The summed E-state index contributed by atoms with van der Waals surface area (Å²) in [7, 11) is 0. The fraction of sp³-hybridized carbons (Fsp3) is 0.350. The van der Waals surface area contributed by atoms with Crippen LogP contribution in [0.1, 0.15) is 23.4 Å². The Hall–Kier alpha value is -2.28. The molecule has 1 aliphatic heterocycles. The van der Waals surface area contributed by atoms with Crippen LogP contribution in [0.4, 0.5) is 8.78 Å². The second kappa shape index (κ2) is 8.61. The number of ether oxygens (including phenoxy) is 2. The number of benzene rings is 1. The van der Waals surface area contributed by atoms with Gasteiger partial charge >= 0.3 is 6.61 Å². The molecule has 1 aromatic carbocycles. The van der Waals surface area contributed by atoms with Gasteiger partial charge in [0.1, 0.15) is 6.10 Å². The molecular weight excluding hydrogens is 372 g/mol. The first-order valence-electron chi connectivity index (χ1n) is 8.63. The van der Waals surface area contributed by atoms with Crippen LogP contribution in [-0.4, -0.2) is 28.8 Å². The normalized spacial score (nSPS) is 17.0. The number of aromatic nitrogens is 1. The SMILES string of the molecule is Cc1cc(=O)cc(C)n1/C=C/c1ccc(OC(F)F)c(O[C@@H]2CCSC2)c1. The van der Waals surface area contributed by atoms with Crippen molar-refractivity contribution >= 4 is 24.0 Å². The summed E-state index contributed by atoms with van der Waals surface area (Å²) in [6.07, 6.45) is 4.56. The van der Waals surface area contributed by atoms with Gasteiger partial charge in [0.15, 0.2) is 16.9 Å². The molecule has 1 atom stereocenters. The molecule has 0 radical (unpaired) electrons. The molecule has 0 spiro atoms. The van der Waals surface area contributed by atoms with Gasteiger partial charge in [0, 0.05) is 35.5 Å². The van der Waals surface area contributed by atoms with Crippen molar-refractivity contribution < 1.29 is 18.3 Å². The van der Waals surface area contributed by atoms with E-state index in [1.54, 1.807) is 36.0 Å². The molecule has 7 heteroatoms. The van der Waals surface area contributed by atoms with Crippen LogP contribution in [0.25, 0.3) is 12.3 Å². The summed E-state index contributed by atoms with van der Waals surface area (Å²) in [6.45, 7) is 0.799. The topological polar surface area (TPSA) is 40.5 Å². The number of alkyl halides is 2. The Labute approximate surface area is 160 Å². The molecule has 1 aliphatic rings. The first-order chi connectivity index (χ1) is 12.9. The van der Waals surface area contributed by atoms with Gasteiger partial charge in [-0.15, -0.1) is 0 Å². The fourth-order valence-corrected chi connectivity index (χ4v) is 4.06. The van der Waals surface area contributed by atoms with E-state index in [0.29, 0.717) is 5.75 Å². The molecule has 0 unspecified atom stereocenters. The number of halogens is 2. The van der Waals surface area contributed by atoms with Crippen LogP contribution in [0.5, 0.6) is 11.5 Å². The molecule has 1 fully saturated rings. The van der Waals surface area contributed by atoms with Crippen molar-refractivity contribution in [3.8, 4) is 11.5 Å². The number of aryl methyl sites for hydroxylation is 2. The van der Waals surface area contributed by atoms with Gasteiger partial charge in [-0.3, -0.25) is 4.79 Å². The summed E-state index contributed by atoms with van der Waals surface area (Å²) in [4.78, 5) is 11.5. The summed E-state index contributed by atoms with van der Waals surface area (Å²) >= 11 is 1.78. The third-order valence-corrected chi connectivity index (χ3v) is 5.38. The Morgan fingerprint density at radius 3 is 2.56 bits per heavy atom. The van der Waals surface area contributed by atoms with Crippen molar-refractivity contribution in [3.05, 3.63) is 57.5 Å². The monoisotopic (exact) mass is 393 g/mol. The highest BCUT2D eigenvalue weighted by molar-refractivity contribution is 7.99. The number of pyridine rings is 1. The van der Waals surface area contributed by atoms with Crippen LogP contribution in [0.3, 0.4) is 0 Å². The van der Waals surface area contributed by atoms with Gasteiger partial charge in [-0.05, 0) is 49.8 Å². The van der Waals surface area contributed by atoms with Gasteiger partial charge in [0.25, 0.3) is 0 Å². The first-order valence-corrected chi connectivity index (χ1v) is 9.79. The Kier molecular flexibility index (Phi) is 6.21. The van der Waals surface area contributed by atoms with Gasteiger partial charge < -0.3 is 14.0 Å². The minimum Gasteiger partial charge on any atom is -0.486 e. The average molecular weight is 393 g/mol. The van der Waals surface area contributed by atoms with E-state index in [4.69, 9.17) is 4.74 Å². The largest absolute Gasteiger partial charge is 0.486 e. The van der Waals surface area contributed by atoms with Crippen molar-refractivity contribution in [2.45, 2.75) is 33.0 Å². The lowest BCUT2D eigenvalue weighted by atomic mass is 10.2. The number of hydrogen-bond acceptors (Lipinski definition) is 4. The maximum absolute atomic E-state index is 12.7. The highest BCUT2D eigenvalue weighted by Crippen LogP contribution is 2.33. The lowest BCUT2D eigenvalue weighted by Gasteiger charge is -2.17. The van der Waals surface area contributed by atoms with E-state index in [9.17, 15) is 13.6 Å². The maximum Gasteiger partial charge on any atom is 0.387 e.